The molecule has 0 atom stereocenters. The molecule has 0 unspecified atom stereocenters. The molecule has 0 spiro atoms. The number of carbonyl (C=O) groups is 1. The number of nitrogens with zero attached hydrogens (tertiary/aromatic N) is 1. The summed E-state index contributed by atoms with van der Waals surface area (Å²) in [6, 6.07) is 13.2. The van der Waals surface area contributed by atoms with Crippen LogP contribution in [0.3, 0.4) is 0 Å². The Morgan fingerprint density at radius 1 is 0.861 bits per heavy atom. The highest BCUT2D eigenvalue weighted by atomic mass is 35.5. The van der Waals surface area contributed by atoms with Crippen molar-refractivity contribution in [3.8, 4) is 0 Å². The Balaban J connectivity index is 1.92. The van der Waals surface area contributed by atoms with Gasteiger partial charge >= 0.3 is 12.4 Å². The first-order chi connectivity index (χ1) is 16.7. The fourth-order valence-corrected chi connectivity index (χ4v) is 4.82. The van der Waals surface area contributed by atoms with Gasteiger partial charge in [-0.05, 0) is 48.0 Å². The van der Waals surface area contributed by atoms with Gasteiger partial charge in [-0.3, -0.25) is 9.10 Å². The van der Waals surface area contributed by atoms with Gasteiger partial charge in [0.1, 0.15) is 6.54 Å². The Kier molecular flexibility index (Phi) is 7.89. The summed E-state index contributed by atoms with van der Waals surface area (Å²) in [6.07, 6.45) is -9.51. The minimum atomic E-state index is -4.90. The van der Waals surface area contributed by atoms with Crippen LogP contribution in [0.5, 0.6) is 0 Å². The van der Waals surface area contributed by atoms with E-state index in [4.69, 9.17) is 11.6 Å². The number of hydrogen-bond acceptors (Lipinski definition) is 3. The lowest BCUT2D eigenvalue weighted by Gasteiger charge is -2.25. The number of carbonyl (C=O) groups excluding carboxylic acids is 1. The van der Waals surface area contributed by atoms with Crippen molar-refractivity contribution in [2.24, 2.45) is 0 Å². The van der Waals surface area contributed by atoms with Crippen LogP contribution in [-0.2, 0) is 33.7 Å². The molecule has 0 aromatic heterocycles. The summed E-state index contributed by atoms with van der Waals surface area (Å²) in [5, 5.41) is 1.63. The van der Waals surface area contributed by atoms with Gasteiger partial charge < -0.3 is 5.32 Å². The van der Waals surface area contributed by atoms with Crippen molar-refractivity contribution >= 4 is 33.2 Å². The second-order valence-corrected chi connectivity index (χ2v) is 9.73. The van der Waals surface area contributed by atoms with E-state index in [1.54, 1.807) is 0 Å². The molecule has 1 amide bonds. The van der Waals surface area contributed by atoms with E-state index < -0.39 is 56.7 Å². The molecule has 0 aliphatic heterocycles. The zero-order valence-electron chi connectivity index (χ0n) is 18.1. The second kappa shape index (κ2) is 10.4. The third-order valence-electron chi connectivity index (χ3n) is 4.91. The number of anilines is 1. The monoisotopic (exact) mass is 550 g/mol. The largest absolute Gasteiger partial charge is 0.417 e. The first-order valence-corrected chi connectivity index (χ1v) is 11.9. The maximum absolute atomic E-state index is 13.4. The Morgan fingerprint density at radius 3 is 2.14 bits per heavy atom. The highest BCUT2D eigenvalue weighted by Gasteiger charge is 2.35. The number of hydrogen-bond donors (Lipinski definition) is 1. The molecule has 13 heteroatoms. The molecule has 0 saturated heterocycles. The fourth-order valence-electron chi connectivity index (χ4n) is 3.16. The van der Waals surface area contributed by atoms with Gasteiger partial charge in [0, 0.05) is 6.54 Å². The molecule has 0 radical (unpaired) electrons. The number of sulfonamides is 1. The zero-order chi connectivity index (χ0) is 26.7. The lowest BCUT2D eigenvalue weighted by atomic mass is 10.1. The van der Waals surface area contributed by atoms with Crippen molar-refractivity contribution in [3.63, 3.8) is 0 Å². The molecule has 0 heterocycles. The molecule has 3 rings (SSSR count). The normalized spacial score (nSPS) is 12.3. The lowest BCUT2D eigenvalue weighted by Crippen LogP contribution is -2.40. The predicted octanol–water partition coefficient (Wildman–Crippen LogP) is 5.89. The fraction of sp³-hybridized carbons (Fsp3) is 0.174. The van der Waals surface area contributed by atoms with E-state index in [0.717, 1.165) is 30.3 Å². The van der Waals surface area contributed by atoms with Crippen LogP contribution in [0.2, 0.25) is 5.02 Å². The van der Waals surface area contributed by atoms with Gasteiger partial charge in [0.25, 0.3) is 10.0 Å². The van der Waals surface area contributed by atoms with E-state index in [1.807, 2.05) is 0 Å². The van der Waals surface area contributed by atoms with Crippen LogP contribution in [0.4, 0.5) is 32.0 Å². The third-order valence-corrected chi connectivity index (χ3v) is 7.02. The molecule has 1 N–H and O–H groups in total. The van der Waals surface area contributed by atoms with E-state index >= 15 is 0 Å². The average molecular weight is 551 g/mol. The Morgan fingerprint density at radius 2 is 1.53 bits per heavy atom. The van der Waals surface area contributed by atoms with Crippen molar-refractivity contribution in [2.45, 2.75) is 23.8 Å². The molecule has 0 aliphatic carbocycles. The SMILES string of the molecule is O=C(CN(c1ccc(Cl)c(C(F)(F)F)c1)S(=O)(=O)c1ccccc1)NCc1cccc(C(F)(F)F)c1. The van der Waals surface area contributed by atoms with Gasteiger partial charge in [-0.25, -0.2) is 8.42 Å². The van der Waals surface area contributed by atoms with Crippen molar-refractivity contribution < 1.29 is 39.6 Å². The highest BCUT2D eigenvalue weighted by Crippen LogP contribution is 2.38. The maximum Gasteiger partial charge on any atom is 0.417 e. The zero-order valence-corrected chi connectivity index (χ0v) is 19.6. The van der Waals surface area contributed by atoms with Gasteiger partial charge in [-0.1, -0.05) is 41.9 Å². The van der Waals surface area contributed by atoms with Crippen LogP contribution in [0.15, 0.2) is 77.7 Å². The summed E-state index contributed by atoms with van der Waals surface area (Å²) in [7, 11) is -4.52. The van der Waals surface area contributed by atoms with Crippen molar-refractivity contribution in [1.29, 1.82) is 0 Å². The number of alkyl halides is 6. The van der Waals surface area contributed by atoms with Crippen LogP contribution in [0.1, 0.15) is 16.7 Å². The highest BCUT2D eigenvalue weighted by molar-refractivity contribution is 7.92. The minimum absolute atomic E-state index is 0.0847. The first kappa shape index (κ1) is 27.3. The van der Waals surface area contributed by atoms with Gasteiger partial charge in [-0.2, -0.15) is 26.3 Å². The summed E-state index contributed by atoms with van der Waals surface area (Å²) >= 11 is 5.64. The van der Waals surface area contributed by atoms with Gasteiger partial charge in [0.15, 0.2) is 0 Å². The van der Waals surface area contributed by atoms with Crippen molar-refractivity contribution in [3.05, 3.63) is 94.5 Å². The smallest absolute Gasteiger partial charge is 0.350 e. The van der Waals surface area contributed by atoms with Crippen molar-refractivity contribution in [2.75, 3.05) is 10.8 Å². The molecule has 0 fully saturated rings. The topological polar surface area (TPSA) is 66.5 Å². The summed E-state index contributed by atoms with van der Waals surface area (Å²) in [5.41, 5.74) is -2.64. The Bertz CT molecular complexity index is 1350. The van der Waals surface area contributed by atoms with E-state index in [-0.39, 0.29) is 17.0 Å². The molecule has 5 nitrogen and oxygen atoms in total. The van der Waals surface area contributed by atoms with Crippen LogP contribution >= 0.6 is 11.6 Å². The summed E-state index contributed by atoms with van der Waals surface area (Å²) in [6.45, 7) is -1.33. The van der Waals surface area contributed by atoms with Gasteiger partial charge in [0.05, 0.1) is 26.7 Å². The van der Waals surface area contributed by atoms with E-state index in [1.165, 1.54) is 36.4 Å². The Labute approximate surface area is 207 Å². The molecular weight excluding hydrogens is 534 g/mol. The molecule has 0 saturated carbocycles. The maximum atomic E-state index is 13.4. The van der Waals surface area contributed by atoms with Crippen LogP contribution < -0.4 is 9.62 Å². The molecular formula is C23H17ClF6N2O3S. The first-order valence-electron chi connectivity index (χ1n) is 10.1. The van der Waals surface area contributed by atoms with E-state index in [9.17, 15) is 39.6 Å². The molecule has 3 aromatic carbocycles. The average Bonchev–Trinajstić information content (AvgIpc) is 2.81. The summed E-state index contributed by atoms with van der Waals surface area (Å²) < 4.78 is 106. The molecule has 0 aliphatic rings. The van der Waals surface area contributed by atoms with Gasteiger partial charge in [-0.15, -0.1) is 0 Å². The molecule has 192 valence electrons. The third kappa shape index (κ3) is 6.49. The molecule has 0 bridgehead atoms. The standard InChI is InChI=1S/C23H17ClF6N2O3S/c24-20-10-9-17(12-19(20)23(28,29)30)32(36(34,35)18-7-2-1-3-8-18)14-21(33)31-13-15-5-4-6-16(11-15)22(25,26)27/h1-12H,13-14H2,(H,31,33). The number of rotatable bonds is 7. The second-order valence-electron chi connectivity index (χ2n) is 7.46. The van der Waals surface area contributed by atoms with Crippen LogP contribution in [-0.4, -0.2) is 20.9 Å². The van der Waals surface area contributed by atoms with E-state index in [2.05, 4.69) is 5.32 Å². The predicted molar refractivity (Wildman–Crippen MR) is 121 cm³/mol. The number of benzene rings is 3. The molecule has 36 heavy (non-hydrogen) atoms. The minimum Gasteiger partial charge on any atom is -0.350 e. The number of halogens is 7. The number of amides is 1. The quantitative estimate of drug-likeness (QED) is 0.373. The Hall–Kier alpha value is -3.25. The summed E-state index contributed by atoms with van der Waals surface area (Å²) in [4.78, 5) is 12.3. The van der Waals surface area contributed by atoms with Crippen molar-refractivity contribution in [1.82, 2.24) is 5.32 Å². The van der Waals surface area contributed by atoms with E-state index in [0.29, 0.717) is 10.4 Å². The number of nitrogens with one attached hydrogen (secondary N) is 1. The van der Waals surface area contributed by atoms with Crippen LogP contribution in [0, 0.1) is 0 Å². The van der Waals surface area contributed by atoms with Crippen LogP contribution in [0.25, 0.3) is 0 Å². The lowest BCUT2D eigenvalue weighted by molar-refractivity contribution is -0.138. The van der Waals surface area contributed by atoms with Gasteiger partial charge in [0.2, 0.25) is 5.91 Å². The molecule has 3 aromatic rings. The summed E-state index contributed by atoms with van der Waals surface area (Å²) in [5.74, 6) is -0.963.